The van der Waals surface area contributed by atoms with Crippen LogP contribution in [0.25, 0.3) is 44.4 Å². The first-order chi connectivity index (χ1) is 25.3. The second-order valence-electron chi connectivity index (χ2n) is 16.3. The van der Waals surface area contributed by atoms with Gasteiger partial charge in [0.2, 0.25) is 0 Å². The van der Waals surface area contributed by atoms with E-state index in [1.165, 1.54) is 44.2 Å². The molecule has 7 aromatic rings. The van der Waals surface area contributed by atoms with Crippen molar-refractivity contribution in [1.29, 1.82) is 0 Å². The number of hydrogen-bond acceptors (Lipinski definition) is 3. The molecule has 0 fully saturated rings. The average Bonchev–Trinajstić information content (AvgIpc) is 3.62. The SMILES string of the molecule is CCCCc1ccnc(-n2c3ccccc3c3ccc(Oc4cc(-n5nc(C)c(-c6c(C(C)C)cccc6C(C)C)c5C)cc(C(C)(C)C)c4)cc32)c1. The quantitative estimate of drug-likeness (QED) is 0.142. The molecule has 5 nitrogen and oxygen atoms in total. The summed E-state index contributed by atoms with van der Waals surface area (Å²) in [5.74, 6) is 3.29. The molecule has 7 rings (SSSR count). The number of rotatable bonds is 10. The van der Waals surface area contributed by atoms with Crippen molar-refractivity contribution in [3.63, 3.8) is 0 Å². The van der Waals surface area contributed by atoms with E-state index >= 15 is 0 Å². The summed E-state index contributed by atoms with van der Waals surface area (Å²) >= 11 is 0. The van der Waals surface area contributed by atoms with Gasteiger partial charge in [0.15, 0.2) is 0 Å². The lowest BCUT2D eigenvalue weighted by atomic mass is 9.84. The predicted molar refractivity (Wildman–Crippen MR) is 223 cm³/mol. The highest BCUT2D eigenvalue weighted by molar-refractivity contribution is 6.09. The van der Waals surface area contributed by atoms with E-state index in [1.54, 1.807) is 0 Å². The molecular weight excluding hydrogens is 649 g/mol. The Hall–Kier alpha value is -5.16. The Kier molecular flexibility index (Phi) is 9.80. The second-order valence-corrected chi connectivity index (χ2v) is 16.3. The van der Waals surface area contributed by atoms with E-state index in [0.29, 0.717) is 11.8 Å². The van der Waals surface area contributed by atoms with Gasteiger partial charge in [0.1, 0.15) is 17.3 Å². The number of ether oxygens (including phenoxy) is 1. The Bertz CT molecular complexity index is 2410. The number of fused-ring (bicyclic) bond motifs is 3. The molecular formula is C48H54N4O. The van der Waals surface area contributed by atoms with E-state index in [4.69, 9.17) is 14.8 Å². The lowest BCUT2D eigenvalue weighted by Gasteiger charge is -2.22. The van der Waals surface area contributed by atoms with Crippen molar-refractivity contribution in [2.75, 3.05) is 0 Å². The van der Waals surface area contributed by atoms with Crippen molar-refractivity contribution in [2.45, 2.75) is 106 Å². The molecule has 0 N–H and O–H groups in total. The highest BCUT2D eigenvalue weighted by Crippen LogP contribution is 2.41. The van der Waals surface area contributed by atoms with E-state index in [-0.39, 0.29) is 5.41 Å². The summed E-state index contributed by atoms with van der Waals surface area (Å²) < 4.78 is 11.2. The normalized spacial score (nSPS) is 12.2. The third-order valence-electron chi connectivity index (χ3n) is 10.7. The Morgan fingerprint density at radius 3 is 2.13 bits per heavy atom. The van der Waals surface area contributed by atoms with Gasteiger partial charge in [-0.2, -0.15) is 5.10 Å². The third-order valence-corrected chi connectivity index (χ3v) is 10.7. The van der Waals surface area contributed by atoms with Gasteiger partial charge in [-0.1, -0.05) is 98.2 Å². The maximum atomic E-state index is 6.84. The molecule has 272 valence electrons. The van der Waals surface area contributed by atoms with Crippen LogP contribution >= 0.6 is 0 Å². The minimum atomic E-state index is -0.104. The van der Waals surface area contributed by atoms with Crippen LogP contribution in [0.5, 0.6) is 11.5 Å². The standard InChI is InChI=1S/C48H54N4O/c1-11-12-16-34-23-24-49-45(25-34)51-43-20-14-13-17-41(43)42-22-21-37(29-44(42)51)53-38-27-35(48(8,9)10)26-36(28-38)52-33(7)46(32(6)50-52)47-39(30(2)3)18-15-19-40(47)31(4)5/h13-15,17-31H,11-12,16H2,1-10H3. The fraction of sp³-hybridized carbons (Fsp3) is 0.333. The van der Waals surface area contributed by atoms with Crippen LogP contribution in [0.1, 0.15) is 114 Å². The van der Waals surface area contributed by atoms with Gasteiger partial charge in [-0.3, -0.25) is 4.57 Å². The molecule has 53 heavy (non-hydrogen) atoms. The molecule has 0 amide bonds. The summed E-state index contributed by atoms with van der Waals surface area (Å²) in [7, 11) is 0. The maximum absolute atomic E-state index is 6.84. The van der Waals surface area contributed by atoms with E-state index in [0.717, 1.165) is 64.7 Å². The van der Waals surface area contributed by atoms with Gasteiger partial charge >= 0.3 is 0 Å². The first-order valence-corrected chi connectivity index (χ1v) is 19.4. The van der Waals surface area contributed by atoms with Crippen LogP contribution in [0.3, 0.4) is 0 Å². The van der Waals surface area contributed by atoms with Crippen LogP contribution in [0, 0.1) is 13.8 Å². The fourth-order valence-electron chi connectivity index (χ4n) is 7.81. The molecule has 0 aliphatic heterocycles. The number of aryl methyl sites for hydroxylation is 2. The number of aromatic nitrogens is 4. The first kappa shape index (κ1) is 36.2. The van der Waals surface area contributed by atoms with Gasteiger partial charge in [0, 0.05) is 40.4 Å². The van der Waals surface area contributed by atoms with Crippen LogP contribution in [0.15, 0.2) is 97.2 Å². The minimum Gasteiger partial charge on any atom is -0.457 e. The van der Waals surface area contributed by atoms with Crippen molar-refractivity contribution in [1.82, 2.24) is 19.3 Å². The fourth-order valence-corrected chi connectivity index (χ4v) is 7.81. The third kappa shape index (κ3) is 6.90. The summed E-state index contributed by atoms with van der Waals surface area (Å²) in [6.45, 7) is 22.5. The molecule has 0 atom stereocenters. The number of nitrogens with zero attached hydrogens (tertiary/aromatic N) is 4. The summed E-state index contributed by atoms with van der Waals surface area (Å²) in [4.78, 5) is 4.87. The van der Waals surface area contributed by atoms with E-state index in [2.05, 4.69) is 169 Å². The Morgan fingerprint density at radius 2 is 1.43 bits per heavy atom. The Morgan fingerprint density at radius 1 is 0.717 bits per heavy atom. The molecule has 3 heterocycles. The second kappa shape index (κ2) is 14.3. The van der Waals surface area contributed by atoms with E-state index in [9.17, 15) is 0 Å². The molecule has 0 saturated heterocycles. The molecule has 0 radical (unpaired) electrons. The monoisotopic (exact) mass is 702 g/mol. The zero-order chi connectivity index (χ0) is 37.6. The van der Waals surface area contributed by atoms with E-state index in [1.807, 2.05) is 6.20 Å². The molecule has 0 bridgehead atoms. The average molecular weight is 703 g/mol. The summed E-state index contributed by atoms with van der Waals surface area (Å²) in [5.41, 5.74) is 13.1. The van der Waals surface area contributed by atoms with Crippen molar-refractivity contribution in [2.24, 2.45) is 0 Å². The number of hydrogen-bond donors (Lipinski definition) is 0. The summed E-state index contributed by atoms with van der Waals surface area (Å²) in [5, 5.41) is 7.59. The Balaban J connectivity index is 1.35. The van der Waals surface area contributed by atoms with Gasteiger partial charge < -0.3 is 4.74 Å². The lowest BCUT2D eigenvalue weighted by Crippen LogP contribution is -2.12. The predicted octanol–water partition coefficient (Wildman–Crippen LogP) is 13.3. The zero-order valence-electron chi connectivity index (χ0n) is 33.2. The van der Waals surface area contributed by atoms with Gasteiger partial charge in [-0.05, 0) is 114 Å². The van der Waals surface area contributed by atoms with Gasteiger partial charge in [0.05, 0.1) is 22.4 Å². The minimum absolute atomic E-state index is 0.104. The van der Waals surface area contributed by atoms with Crippen LogP contribution in [-0.4, -0.2) is 19.3 Å². The zero-order valence-corrected chi connectivity index (χ0v) is 33.2. The van der Waals surface area contributed by atoms with Crippen LogP contribution in [-0.2, 0) is 11.8 Å². The molecule has 5 heteroatoms. The molecule has 0 saturated carbocycles. The van der Waals surface area contributed by atoms with Crippen molar-refractivity contribution < 1.29 is 4.74 Å². The van der Waals surface area contributed by atoms with Crippen LogP contribution in [0.2, 0.25) is 0 Å². The molecule has 0 aliphatic carbocycles. The smallest absolute Gasteiger partial charge is 0.137 e. The van der Waals surface area contributed by atoms with Crippen molar-refractivity contribution in [3.05, 3.63) is 131 Å². The van der Waals surface area contributed by atoms with E-state index < -0.39 is 0 Å². The molecule has 4 aromatic carbocycles. The Labute approximate surface area is 315 Å². The van der Waals surface area contributed by atoms with Gasteiger partial charge in [-0.15, -0.1) is 0 Å². The highest BCUT2D eigenvalue weighted by Gasteiger charge is 2.24. The first-order valence-electron chi connectivity index (χ1n) is 19.4. The number of unbranched alkanes of at least 4 members (excludes halogenated alkanes) is 1. The van der Waals surface area contributed by atoms with Crippen molar-refractivity contribution in [3.8, 4) is 34.1 Å². The summed E-state index contributed by atoms with van der Waals surface area (Å²) in [6, 6.07) is 32.8. The van der Waals surface area contributed by atoms with Crippen LogP contribution in [0.4, 0.5) is 0 Å². The lowest BCUT2D eigenvalue weighted by molar-refractivity contribution is 0.478. The maximum Gasteiger partial charge on any atom is 0.137 e. The number of pyridine rings is 1. The molecule has 0 spiro atoms. The molecule has 3 aromatic heterocycles. The largest absolute Gasteiger partial charge is 0.457 e. The van der Waals surface area contributed by atoms with Crippen LogP contribution < -0.4 is 4.74 Å². The number of benzene rings is 4. The van der Waals surface area contributed by atoms with Crippen molar-refractivity contribution >= 4 is 21.8 Å². The summed E-state index contributed by atoms with van der Waals surface area (Å²) in [6.07, 6.45) is 5.31. The van der Waals surface area contributed by atoms with Gasteiger partial charge in [0.25, 0.3) is 0 Å². The molecule has 0 aliphatic rings. The number of para-hydroxylation sites is 1. The van der Waals surface area contributed by atoms with Gasteiger partial charge in [-0.25, -0.2) is 9.67 Å². The topological polar surface area (TPSA) is 44.9 Å². The highest BCUT2D eigenvalue weighted by atomic mass is 16.5. The molecule has 0 unspecified atom stereocenters.